The molecule has 3 aromatic carbocycles. The number of aromatic nitrogens is 2. The summed E-state index contributed by atoms with van der Waals surface area (Å²) in [6.07, 6.45) is -1.19. The zero-order chi connectivity index (χ0) is 26.3. The fraction of sp³-hybridized carbons (Fsp3) is 0.308. The predicted molar refractivity (Wildman–Crippen MR) is 134 cm³/mol. The molecule has 1 N–H and O–H groups in total. The second-order valence-electron chi connectivity index (χ2n) is 9.09. The molecule has 11 heteroatoms. The van der Waals surface area contributed by atoms with Gasteiger partial charge in [0.2, 0.25) is 0 Å². The first-order chi connectivity index (χ1) is 17.7. The normalized spacial score (nSPS) is 18.4. The summed E-state index contributed by atoms with van der Waals surface area (Å²) in [5.41, 5.74) is -2.02. The van der Waals surface area contributed by atoms with E-state index >= 15 is 8.78 Å². The molecule has 0 bridgehead atoms. The summed E-state index contributed by atoms with van der Waals surface area (Å²) in [6, 6.07) is 9.22. The first-order valence-corrected chi connectivity index (χ1v) is 11.8. The van der Waals surface area contributed by atoms with Crippen molar-refractivity contribution < 1.29 is 32.5 Å². The van der Waals surface area contributed by atoms with E-state index in [0.717, 1.165) is 6.07 Å². The number of nitrogens with zero attached hydrogens (tertiary/aromatic N) is 3. The topological polar surface area (TPSA) is 76.9 Å². The van der Waals surface area contributed by atoms with Crippen LogP contribution in [0, 0.1) is 17.7 Å². The molecule has 1 fully saturated rings. The number of hydrogen-bond acceptors (Lipinski definition) is 7. The molecule has 1 saturated heterocycles. The molecular weight excluding hydrogens is 511 g/mol. The van der Waals surface area contributed by atoms with Crippen LogP contribution in [0.4, 0.5) is 19.0 Å². The Morgan fingerprint density at radius 3 is 2.78 bits per heavy atom. The van der Waals surface area contributed by atoms with Crippen molar-refractivity contribution in [2.24, 2.45) is 0 Å². The molecule has 7 nitrogen and oxygen atoms in total. The number of halogens is 4. The van der Waals surface area contributed by atoms with Crippen molar-refractivity contribution in [3.63, 3.8) is 0 Å². The van der Waals surface area contributed by atoms with Crippen LogP contribution in [0.25, 0.3) is 32.8 Å². The van der Waals surface area contributed by atoms with Gasteiger partial charge in [0.1, 0.15) is 28.5 Å². The third-order valence-electron chi connectivity index (χ3n) is 6.10. The lowest BCUT2D eigenvalue weighted by molar-refractivity contribution is -0.0123. The summed E-state index contributed by atoms with van der Waals surface area (Å²) in [5, 5.41) is 11.8. The van der Waals surface area contributed by atoms with E-state index in [1.165, 1.54) is 18.1 Å². The highest BCUT2D eigenvalue weighted by Crippen LogP contribution is 2.42. The van der Waals surface area contributed by atoms with Crippen molar-refractivity contribution in [2.45, 2.75) is 12.5 Å². The monoisotopic (exact) mass is 533 g/mol. The van der Waals surface area contributed by atoms with E-state index in [2.05, 4.69) is 9.97 Å². The average molecular weight is 534 g/mol. The number of rotatable bonds is 5. The minimum absolute atomic E-state index is 0.0165. The molecular formula is C26H23ClF3N3O4. The fourth-order valence-corrected chi connectivity index (χ4v) is 4.87. The van der Waals surface area contributed by atoms with Crippen LogP contribution in [0.3, 0.4) is 0 Å². The summed E-state index contributed by atoms with van der Waals surface area (Å²) < 4.78 is 62.4. The Balaban J connectivity index is 1.75. The Kier molecular flexibility index (Phi) is 6.84. The molecule has 1 unspecified atom stereocenters. The van der Waals surface area contributed by atoms with Crippen LogP contribution >= 0.6 is 11.6 Å². The van der Waals surface area contributed by atoms with E-state index in [1.807, 2.05) is 0 Å². The number of hydrogen-bond donors (Lipinski definition) is 1. The summed E-state index contributed by atoms with van der Waals surface area (Å²) >= 11 is 6.45. The lowest BCUT2D eigenvalue weighted by Crippen LogP contribution is -2.42. The number of ether oxygens (including phenoxy) is 3. The van der Waals surface area contributed by atoms with Crippen LogP contribution < -0.4 is 9.64 Å². The minimum atomic E-state index is -1.28. The van der Waals surface area contributed by atoms with Gasteiger partial charge in [-0.05, 0) is 36.6 Å². The SMILES string of the molecule is COCOc1cc(-c2c(F)cc3c(N4CCOCC(C)(O)C4)nc(F)nc3c2F)c2c(Cl)cccc2c1. The van der Waals surface area contributed by atoms with Gasteiger partial charge in [-0.15, -0.1) is 0 Å². The molecule has 0 spiro atoms. The average Bonchev–Trinajstić information content (AvgIpc) is 3.03. The molecule has 0 radical (unpaired) electrons. The maximum atomic E-state index is 16.1. The molecule has 0 saturated carbocycles. The van der Waals surface area contributed by atoms with Crippen molar-refractivity contribution in [2.75, 3.05) is 45.1 Å². The maximum Gasteiger partial charge on any atom is 0.311 e. The van der Waals surface area contributed by atoms with Gasteiger partial charge in [0.15, 0.2) is 12.6 Å². The lowest BCUT2D eigenvalue weighted by atomic mass is 9.95. The Morgan fingerprint density at radius 1 is 1.19 bits per heavy atom. The van der Waals surface area contributed by atoms with Crippen LogP contribution in [0.5, 0.6) is 5.75 Å². The highest BCUT2D eigenvalue weighted by Gasteiger charge is 2.31. The zero-order valence-electron chi connectivity index (χ0n) is 20.0. The van der Waals surface area contributed by atoms with E-state index in [-0.39, 0.29) is 54.9 Å². The first-order valence-electron chi connectivity index (χ1n) is 11.4. The largest absolute Gasteiger partial charge is 0.468 e. The molecule has 1 aromatic heterocycles. The Labute approximate surface area is 215 Å². The van der Waals surface area contributed by atoms with Gasteiger partial charge in [0, 0.05) is 35.0 Å². The van der Waals surface area contributed by atoms with Crippen LogP contribution in [-0.2, 0) is 9.47 Å². The smallest absolute Gasteiger partial charge is 0.311 e. The third kappa shape index (κ3) is 4.89. The summed E-state index contributed by atoms with van der Waals surface area (Å²) in [5.74, 6) is -1.76. The number of aliphatic hydroxyl groups is 1. The molecule has 1 aliphatic rings. The second kappa shape index (κ2) is 9.94. The van der Waals surface area contributed by atoms with E-state index in [9.17, 15) is 9.50 Å². The Hall–Kier alpha value is -3.18. The van der Waals surface area contributed by atoms with Crippen molar-refractivity contribution in [1.82, 2.24) is 9.97 Å². The molecule has 0 amide bonds. The van der Waals surface area contributed by atoms with Crippen LogP contribution in [0.15, 0.2) is 36.4 Å². The van der Waals surface area contributed by atoms with Gasteiger partial charge < -0.3 is 24.2 Å². The highest BCUT2D eigenvalue weighted by atomic mass is 35.5. The van der Waals surface area contributed by atoms with Crippen LogP contribution in [0.2, 0.25) is 5.02 Å². The second-order valence-corrected chi connectivity index (χ2v) is 9.50. The van der Waals surface area contributed by atoms with Crippen molar-refractivity contribution in [1.29, 1.82) is 0 Å². The van der Waals surface area contributed by atoms with Gasteiger partial charge in [-0.25, -0.2) is 8.78 Å². The van der Waals surface area contributed by atoms with E-state index in [0.29, 0.717) is 16.5 Å². The maximum absolute atomic E-state index is 16.1. The van der Waals surface area contributed by atoms with Crippen molar-refractivity contribution >= 4 is 39.1 Å². The van der Waals surface area contributed by atoms with Crippen molar-refractivity contribution in [3.8, 4) is 16.9 Å². The molecule has 2 heterocycles. The Bertz CT molecular complexity index is 1500. The molecule has 5 rings (SSSR count). The summed E-state index contributed by atoms with van der Waals surface area (Å²) in [4.78, 5) is 9.02. The molecule has 0 aliphatic carbocycles. The van der Waals surface area contributed by atoms with Gasteiger partial charge in [0.05, 0.1) is 25.3 Å². The summed E-state index contributed by atoms with van der Waals surface area (Å²) in [7, 11) is 1.45. The number of anilines is 1. The van der Waals surface area contributed by atoms with Gasteiger partial charge in [-0.2, -0.15) is 14.4 Å². The molecule has 1 aliphatic heterocycles. The van der Waals surface area contributed by atoms with Gasteiger partial charge in [0.25, 0.3) is 0 Å². The number of β-amino-alcohol motifs (C(OH)–C–C–N with tert-alkyl or cyclic N) is 1. The highest BCUT2D eigenvalue weighted by molar-refractivity contribution is 6.36. The number of benzene rings is 3. The zero-order valence-corrected chi connectivity index (χ0v) is 20.8. The molecule has 1 atom stereocenters. The Morgan fingerprint density at radius 2 is 2.00 bits per heavy atom. The van der Waals surface area contributed by atoms with E-state index in [1.54, 1.807) is 31.2 Å². The van der Waals surface area contributed by atoms with Crippen LogP contribution in [-0.4, -0.2) is 60.9 Å². The van der Waals surface area contributed by atoms with Crippen molar-refractivity contribution in [3.05, 3.63) is 59.1 Å². The molecule has 4 aromatic rings. The standard InChI is InChI=1S/C26H23ClF3N3O4/c1-26(34)11-33(6-7-36-12-26)24-17-10-19(28)21(22(29)23(17)31-25(30)32-24)16-9-15(37-13-35-2)8-14-4-3-5-18(27)20(14)16/h3-5,8-10,34H,6-7,11-13H2,1-2H3. The van der Waals surface area contributed by atoms with Gasteiger partial charge in [-0.1, -0.05) is 23.7 Å². The third-order valence-corrected chi connectivity index (χ3v) is 6.41. The molecule has 37 heavy (non-hydrogen) atoms. The predicted octanol–water partition coefficient (Wildman–Crippen LogP) is 5.09. The fourth-order valence-electron chi connectivity index (χ4n) is 4.59. The quantitative estimate of drug-likeness (QED) is 0.283. The first kappa shape index (κ1) is 25.5. The molecule has 194 valence electrons. The van der Waals surface area contributed by atoms with E-state index < -0.39 is 34.4 Å². The number of fused-ring (bicyclic) bond motifs is 2. The minimum Gasteiger partial charge on any atom is -0.468 e. The van der Waals surface area contributed by atoms with Crippen LogP contribution in [0.1, 0.15) is 6.92 Å². The lowest BCUT2D eigenvalue weighted by Gasteiger charge is -2.29. The van der Waals surface area contributed by atoms with Gasteiger partial charge >= 0.3 is 6.08 Å². The van der Waals surface area contributed by atoms with E-state index in [4.69, 9.17) is 25.8 Å². The summed E-state index contributed by atoms with van der Waals surface area (Å²) in [6.45, 7) is 1.98. The van der Waals surface area contributed by atoms with Gasteiger partial charge in [-0.3, -0.25) is 0 Å². The number of methoxy groups -OCH3 is 1.